The summed E-state index contributed by atoms with van der Waals surface area (Å²) >= 11 is 0. The lowest BCUT2D eigenvalue weighted by Crippen LogP contribution is -2.14. The molecule has 0 spiro atoms. The molecule has 0 radical (unpaired) electrons. The van der Waals surface area contributed by atoms with Gasteiger partial charge in [0.1, 0.15) is 0 Å². The minimum Gasteiger partial charge on any atom is -0.340 e. The Hall–Kier alpha value is -2.59. The van der Waals surface area contributed by atoms with E-state index in [1.54, 1.807) is 26.8 Å². The van der Waals surface area contributed by atoms with Gasteiger partial charge in [-0.3, -0.25) is 0 Å². The molecule has 0 saturated carbocycles. The van der Waals surface area contributed by atoms with Crippen LogP contribution in [0.3, 0.4) is 0 Å². The Balaban J connectivity index is 1.97. The standard InChI is InChI=1S/C14H15N5O4S/c1-7-4-10(5-11(8(7)2)24(15,20)21)14-17-13(19-23-14)6-12-16-9(3)22-18-12/h4-5H,6H2,1-3H3,(H2,15,20,21). The second-order valence-corrected chi connectivity index (χ2v) is 6.91. The summed E-state index contributed by atoms with van der Waals surface area (Å²) in [7, 11) is -3.85. The molecule has 0 unspecified atom stereocenters. The summed E-state index contributed by atoms with van der Waals surface area (Å²) in [5.41, 5.74) is 1.82. The number of aromatic nitrogens is 4. The number of hydrogen-bond donors (Lipinski definition) is 1. The highest BCUT2D eigenvalue weighted by Gasteiger charge is 2.18. The predicted octanol–water partition coefficient (Wildman–Crippen LogP) is 1.28. The van der Waals surface area contributed by atoms with Crippen LogP contribution in [-0.2, 0) is 16.4 Å². The van der Waals surface area contributed by atoms with Gasteiger partial charge in [0.15, 0.2) is 11.6 Å². The number of primary sulfonamides is 1. The fraction of sp³-hybridized carbons (Fsp3) is 0.286. The van der Waals surface area contributed by atoms with Crippen molar-refractivity contribution in [2.24, 2.45) is 5.14 Å². The van der Waals surface area contributed by atoms with E-state index in [2.05, 4.69) is 20.3 Å². The lowest BCUT2D eigenvalue weighted by atomic mass is 10.1. The summed E-state index contributed by atoms with van der Waals surface area (Å²) in [5, 5.41) is 12.9. The van der Waals surface area contributed by atoms with E-state index in [9.17, 15) is 8.42 Å². The Kier molecular flexibility index (Phi) is 3.93. The topological polar surface area (TPSA) is 138 Å². The average Bonchev–Trinajstić information content (AvgIpc) is 3.10. The van der Waals surface area contributed by atoms with E-state index in [0.29, 0.717) is 28.7 Å². The van der Waals surface area contributed by atoms with Gasteiger partial charge in [-0.05, 0) is 37.1 Å². The average molecular weight is 349 g/mol. The van der Waals surface area contributed by atoms with Crippen LogP contribution in [0.1, 0.15) is 28.7 Å². The van der Waals surface area contributed by atoms with E-state index < -0.39 is 10.0 Å². The van der Waals surface area contributed by atoms with Gasteiger partial charge >= 0.3 is 0 Å². The Labute approximate surface area is 137 Å². The largest absolute Gasteiger partial charge is 0.340 e. The van der Waals surface area contributed by atoms with Crippen LogP contribution in [0, 0.1) is 20.8 Å². The third-order valence-corrected chi connectivity index (χ3v) is 4.56. The highest BCUT2D eigenvalue weighted by atomic mass is 32.2. The second-order valence-electron chi connectivity index (χ2n) is 5.38. The molecule has 1 aromatic carbocycles. The monoisotopic (exact) mass is 349 g/mol. The van der Waals surface area contributed by atoms with E-state index in [-0.39, 0.29) is 17.2 Å². The Morgan fingerprint density at radius 2 is 1.71 bits per heavy atom. The molecule has 2 aromatic heterocycles. The van der Waals surface area contributed by atoms with Gasteiger partial charge in [0.05, 0.1) is 11.3 Å². The molecule has 0 atom stereocenters. The number of nitrogens with zero attached hydrogens (tertiary/aromatic N) is 4. The molecule has 3 aromatic rings. The first kappa shape index (κ1) is 16.3. The molecule has 0 aliphatic rings. The fourth-order valence-corrected chi connectivity index (χ4v) is 3.12. The maximum Gasteiger partial charge on any atom is 0.257 e. The molecule has 0 saturated heterocycles. The fourth-order valence-electron chi connectivity index (χ4n) is 2.24. The molecule has 126 valence electrons. The van der Waals surface area contributed by atoms with Crippen LogP contribution >= 0.6 is 0 Å². The van der Waals surface area contributed by atoms with Crippen molar-refractivity contribution in [3.63, 3.8) is 0 Å². The highest BCUT2D eigenvalue weighted by molar-refractivity contribution is 7.89. The number of rotatable bonds is 4. The van der Waals surface area contributed by atoms with E-state index in [0.717, 1.165) is 5.56 Å². The van der Waals surface area contributed by atoms with Gasteiger partial charge in [0.2, 0.25) is 15.9 Å². The summed E-state index contributed by atoms with van der Waals surface area (Å²) < 4.78 is 33.5. The first-order valence-electron chi connectivity index (χ1n) is 7.00. The third kappa shape index (κ3) is 3.19. The van der Waals surface area contributed by atoms with Crippen molar-refractivity contribution in [1.29, 1.82) is 0 Å². The lowest BCUT2D eigenvalue weighted by Gasteiger charge is -2.08. The van der Waals surface area contributed by atoms with Gasteiger partial charge < -0.3 is 9.05 Å². The van der Waals surface area contributed by atoms with Gasteiger partial charge in [-0.2, -0.15) is 9.97 Å². The Morgan fingerprint density at radius 1 is 1.04 bits per heavy atom. The van der Waals surface area contributed by atoms with Gasteiger partial charge in [-0.1, -0.05) is 10.3 Å². The minimum absolute atomic E-state index is 0.0334. The predicted molar refractivity (Wildman–Crippen MR) is 82.4 cm³/mol. The quantitative estimate of drug-likeness (QED) is 0.743. The van der Waals surface area contributed by atoms with Crippen molar-refractivity contribution in [2.45, 2.75) is 32.1 Å². The molecule has 0 aliphatic heterocycles. The molecule has 0 aliphatic carbocycles. The molecule has 2 N–H and O–H groups in total. The van der Waals surface area contributed by atoms with Crippen LogP contribution in [0.4, 0.5) is 0 Å². The normalized spacial score (nSPS) is 11.8. The molecular formula is C14H15N5O4S. The maximum absolute atomic E-state index is 11.7. The number of benzene rings is 1. The minimum atomic E-state index is -3.85. The number of nitrogens with two attached hydrogens (primary N) is 1. The van der Waals surface area contributed by atoms with Gasteiger partial charge in [-0.25, -0.2) is 13.6 Å². The zero-order valence-electron chi connectivity index (χ0n) is 13.3. The van der Waals surface area contributed by atoms with Crippen molar-refractivity contribution < 1.29 is 17.5 Å². The molecule has 0 fully saturated rings. The van der Waals surface area contributed by atoms with Crippen LogP contribution in [-0.4, -0.2) is 28.7 Å². The smallest absolute Gasteiger partial charge is 0.257 e. The summed E-state index contributed by atoms with van der Waals surface area (Å²) in [6.07, 6.45) is 0.244. The van der Waals surface area contributed by atoms with Gasteiger partial charge in [-0.15, -0.1) is 0 Å². The maximum atomic E-state index is 11.7. The summed E-state index contributed by atoms with van der Waals surface area (Å²) in [6.45, 7) is 5.16. The zero-order chi connectivity index (χ0) is 17.5. The molecule has 10 heteroatoms. The Morgan fingerprint density at radius 3 is 2.33 bits per heavy atom. The van der Waals surface area contributed by atoms with Crippen LogP contribution < -0.4 is 5.14 Å². The molecule has 0 amide bonds. The molecule has 24 heavy (non-hydrogen) atoms. The third-order valence-electron chi connectivity index (χ3n) is 3.53. The molecule has 0 bridgehead atoms. The molecule has 3 rings (SSSR count). The summed E-state index contributed by atoms with van der Waals surface area (Å²) in [4.78, 5) is 8.34. The van der Waals surface area contributed by atoms with Crippen molar-refractivity contribution >= 4 is 10.0 Å². The molecule has 2 heterocycles. The van der Waals surface area contributed by atoms with E-state index in [4.69, 9.17) is 14.2 Å². The van der Waals surface area contributed by atoms with E-state index >= 15 is 0 Å². The highest BCUT2D eigenvalue weighted by Crippen LogP contribution is 2.26. The Bertz CT molecular complexity index is 1010. The molecule has 9 nitrogen and oxygen atoms in total. The molecular weight excluding hydrogens is 334 g/mol. The SMILES string of the molecule is Cc1nc(Cc2noc(-c3cc(C)c(C)c(S(N)(=O)=O)c3)n2)no1. The number of hydrogen-bond acceptors (Lipinski definition) is 8. The second kappa shape index (κ2) is 5.80. The van der Waals surface area contributed by atoms with Crippen LogP contribution in [0.15, 0.2) is 26.1 Å². The van der Waals surface area contributed by atoms with Gasteiger partial charge in [0.25, 0.3) is 5.89 Å². The summed E-state index contributed by atoms with van der Waals surface area (Å²) in [5.74, 6) is 1.44. The van der Waals surface area contributed by atoms with Crippen LogP contribution in [0.25, 0.3) is 11.5 Å². The van der Waals surface area contributed by atoms with Crippen molar-refractivity contribution in [3.05, 3.63) is 40.8 Å². The van der Waals surface area contributed by atoms with E-state index in [1.165, 1.54) is 6.07 Å². The summed E-state index contributed by atoms with van der Waals surface area (Å²) in [6, 6.07) is 3.19. The van der Waals surface area contributed by atoms with Crippen molar-refractivity contribution in [1.82, 2.24) is 20.3 Å². The lowest BCUT2D eigenvalue weighted by molar-refractivity contribution is 0.387. The van der Waals surface area contributed by atoms with Crippen molar-refractivity contribution in [3.8, 4) is 11.5 Å². The zero-order valence-corrected chi connectivity index (χ0v) is 14.1. The van der Waals surface area contributed by atoms with Crippen LogP contribution in [0.2, 0.25) is 0 Å². The van der Waals surface area contributed by atoms with Crippen molar-refractivity contribution in [2.75, 3.05) is 0 Å². The van der Waals surface area contributed by atoms with Gasteiger partial charge in [0, 0.05) is 12.5 Å². The first-order chi connectivity index (χ1) is 11.2. The van der Waals surface area contributed by atoms with E-state index in [1.807, 2.05) is 0 Å². The number of aryl methyl sites for hydroxylation is 2. The number of sulfonamides is 1. The first-order valence-corrected chi connectivity index (χ1v) is 8.55. The van der Waals surface area contributed by atoms with Crippen LogP contribution in [0.5, 0.6) is 0 Å².